The van der Waals surface area contributed by atoms with Gasteiger partial charge < -0.3 is 14.1 Å². The molecule has 0 radical (unpaired) electrons. The molecule has 2 heterocycles. The maximum Gasteiger partial charge on any atom is 0.342 e. The molecule has 4 rings (SSSR count). The van der Waals surface area contributed by atoms with Crippen LogP contribution in [0.1, 0.15) is 12.7 Å². The Kier molecular flexibility index (Phi) is 7.49. The Labute approximate surface area is 208 Å². The first-order chi connectivity index (χ1) is 15.9. The van der Waals surface area contributed by atoms with E-state index in [0.717, 1.165) is 22.2 Å². The van der Waals surface area contributed by atoms with Gasteiger partial charge in [-0.2, -0.15) is 0 Å². The van der Waals surface area contributed by atoms with Crippen LogP contribution in [0, 0.1) is 0 Å². The summed E-state index contributed by atoms with van der Waals surface area (Å²) >= 11 is 14.3. The van der Waals surface area contributed by atoms with Gasteiger partial charge in [-0.3, -0.25) is 0 Å². The quantitative estimate of drug-likeness (QED) is 0.195. The number of carbonyl (C=O) groups is 1. The summed E-state index contributed by atoms with van der Waals surface area (Å²) in [5.74, 6) is -0.0140. The van der Waals surface area contributed by atoms with Crippen molar-refractivity contribution in [3.05, 3.63) is 81.4 Å². The van der Waals surface area contributed by atoms with Gasteiger partial charge in [0, 0.05) is 33.1 Å². The minimum Gasteiger partial charge on any atom is -0.477 e. The number of rotatable bonds is 8. The van der Waals surface area contributed by atoms with Crippen LogP contribution in [0.4, 0.5) is 0 Å². The number of aliphatic carboxylic acids is 1. The Morgan fingerprint density at radius 1 is 1.03 bits per heavy atom. The van der Waals surface area contributed by atoms with E-state index < -0.39 is 5.97 Å². The van der Waals surface area contributed by atoms with Crippen LogP contribution in [0.5, 0.6) is 0 Å². The van der Waals surface area contributed by atoms with E-state index in [1.807, 2.05) is 35.8 Å². The molecule has 2 aromatic heterocycles. The van der Waals surface area contributed by atoms with E-state index in [1.165, 1.54) is 17.8 Å². The molecular weight excluding hydrogens is 501 g/mol. The topological polar surface area (TPSA) is 81.2 Å². The van der Waals surface area contributed by atoms with Crippen molar-refractivity contribution in [1.82, 2.24) is 14.8 Å². The third kappa shape index (κ3) is 5.83. The second-order valence-corrected chi connectivity index (χ2v) is 9.65. The van der Waals surface area contributed by atoms with Crippen molar-refractivity contribution in [3.8, 4) is 11.4 Å². The summed E-state index contributed by atoms with van der Waals surface area (Å²) in [6.45, 7) is 2.52. The molecule has 0 saturated heterocycles. The van der Waals surface area contributed by atoms with Gasteiger partial charge in [0.1, 0.15) is 10.7 Å². The molecule has 0 unspecified atom stereocenters. The van der Waals surface area contributed by atoms with Crippen molar-refractivity contribution in [1.29, 1.82) is 0 Å². The monoisotopic (exact) mass is 517 g/mol. The maximum atomic E-state index is 11.9. The number of carboxylic acids is 1. The number of hydrogen-bond acceptors (Lipinski definition) is 6. The molecule has 168 valence electrons. The summed E-state index contributed by atoms with van der Waals surface area (Å²) in [6, 6.07) is 18.2. The van der Waals surface area contributed by atoms with Crippen LogP contribution in [-0.2, 0) is 11.3 Å². The molecule has 0 aliphatic carbocycles. The van der Waals surface area contributed by atoms with Gasteiger partial charge in [0.2, 0.25) is 0 Å². The lowest BCUT2D eigenvalue weighted by Crippen LogP contribution is -2.02. The minimum absolute atomic E-state index is 0.0668. The fraction of sp³-hybridized carbons (Fsp3) is 0.0870. The highest BCUT2D eigenvalue weighted by atomic mass is 35.5. The first-order valence-corrected chi connectivity index (χ1v) is 12.2. The number of benzene rings is 2. The van der Waals surface area contributed by atoms with Crippen molar-refractivity contribution < 1.29 is 14.3 Å². The van der Waals surface area contributed by atoms with E-state index in [-0.39, 0.29) is 4.91 Å². The lowest BCUT2D eigenvalue weighted by molar-refractivity contribution is -0.131. The van der Waals surface area contributed by atoms with Crippen molar-refractivity contribution in [2.24, 2.45) is 0 Å². The zero-order valence-electron chi connectivity index (χ0n) is 17.2. The van der Waals surface area contributed by atoms with E-state index in [1.54, 1.807) is 36.4 Å². The van der Waals surface area contributed by atoms with Crippen molar-refractivity contribution in [3.63, 3.8) is 0 Å². The van der Waals surface area contributed by atoms with Gasteiger partial charge in [-0.1, -0.05) is 35.0 Å². The smallest absolute Gasteiger partial charge is 0.342 e. The van der Waals surface area contributed by atoms with Crippen LogP contribution in [0.25, 0.3) is 17.5 Å². The summed E-state index contributed by atoms with van der Waals surface area (Å²) < 4.78 is 7.66. The number of nitrogens with zero attached hydrogens (tertiary/aromatic N) is 3. The predicted octanol–water partition coefficient (Wildman–Crippen LogP) is 7.23. The average Bonchev–Trinajstić information content (AvgIpc) is 3.42. The highest BCUT2D eigenvalue weighted by molar-refractivity contribution is 8.04. The van der Waals surface area contributed by atoms with E-state index in [4.69, 9.17) is 27.6 Å². The van der Waals surface area contributed by atoms with E-state index >= 15 is 0 Å². The van der Waals surface area contributed by atoms with Crippen LogP contribution in [0.2, 0.25) is 10.0 Å². The number of thioether (sulfide) groups is 1. The molecule has 33 heavy (non-hydrogen) atoms. The van der Waals surface area contributed by atoms with E-state index in [9.17, 15) is 9.90 Å². The second-order valence-electron chi connectivity index (χ2n) is 6.69. The largest absolute Gasteiger partial charge is 0.477 e. The molecule has 0 aliphatic rings. The van der Waals surface area contributed by atoms with Gasteiger partial charge in [0.05, 0.1) is 0 Å². The molecule has 0 atom stereocenters. The summed E-state index contributed by atoms with van der Waals surface area (Å²) in [5, 5.41) is 20.6. The maximum absolute atomic E-state index is 11.9. The highest BCUT2D eigenvalue weighted by Gasteiger charge is 2.19. The average molecular weight is 518 g/mol. The molecule has 6 nitrogen and oxygen atoms in total. The summed E-state index contributed by atoms with van der Waals surface area (Å²) in [5.41, 5.74) is 0.844. The zero-order valence-corrected chi connectivity index (χ0v) is 20.4. The molecule has 10 heteroatoms. The number of carboxylic acid groups (broad SMARTS) is 1. The van der Waals surface area contributed by atoms with Gasteiger partial charge >= 0.3 is 5.97 Å². The Morgan fingerprint density at radius 2 is 1.70 bits per heavy atom. The molecule has 4 aromatic rings. The second kappa shape index (κ2) is 10.5. The number of aromatic nitrogens is 3. The standard InChI is InChI=1S/C23H17Cl2N3O3S2/c1-2-28-21(14-3-5-15(24)6-4-14)26-27-23(28)33-19(22(29)30)13-17-9-12-20(31-17)32-18-10-7-16(25)8-11-18/h3-13H,2H2,1H3,(H,29,30)/b19-13-. The van der Waals surface area contributed by atoms with Gasteiger partial charge in [-0.05, 0) is 79.3 Å². The minimum atomic E-state index is -1.08. The fourth-order valence-corrected chi connectivity index (χ4v) is 4.81. The Hall–Kier alpha value is -2.65. The Balaban J connectivity index is 1.56. The number of furan rings is 1. The molecule has 1 N–H and O–H groups in total. The van der Waals surface area contributed by atoms with Crippen LogP contribution in [0.15, 0.2) is 85.1 Å². The lowest BCUT2D eigenvalue weighted by Gasteiger charge is -2.07. The molecule has 0 amide bonds. The Morgan fingerprint density at radius 3 is 2.33 bits per heavy atom. The summed E-state index contributed by atoms with van der Waals surface area (Å²) in [7, 11) is 0. The molecule has 0 saturated carbocycles. The SMILES string of the molecule is CCn1c(S/C(=C\c2ccc(Sc3ccc(Cl)cc3)o2)C(=O)O)nnc1-c1ccc(Cl)cc1. The van der Waals surface area contributed by atoms with Crippen molar-refractivity contribution in [2.45, 2.75) is 28.6 Å². The molecule has 0 spiro atoms. The normalized spacial score (nSPS) is 11.7. The molecular formula is C23H17Cl2N3O3S2. The van der Waals surface area contributed by atoms with Crippen LogP contribution < -0.4 is 0 Å². The summed E-state index contributed by atoms with van der Waals surface area (Å²) in [4.78, 5) is 13.0. The Bertz CT molecular complexity index is 1300. The van der Waals surface area contributed by atoms with E-state index in [2.05, 4.69) is 10.2 Å². The predicted molar refractivity (Wildman–Crippen MR) is 132 cm³/mol. The third-order valence-corrected chi connectivity index (χ3v) is 6.88. The van der Waals surface area contributed by atoms with E-state index in [0.29, 0.717) is 38.4 Å². The van der Waals surface area contributed by atoms with Crippen LogP contribution >= 0.6 is 46.7 Å². The summed E-state index contributed by atoms with van der Waals surface area (Å²) in [6.07, 6.45) is 1.48. The molecule has 2 aromatic carbocycles. The molecule has 0 aliphatic heterocycles. The number of halogens is 2. The van der Waals surface area contributed by atoms with Crippen LogP contribution in [0.3, 0.4) is 0 Å². The molecule has 0 fully saturated rings. The molecule has 0 bridgehead atoms. The van der Waals surface area contributed by atoms with Crippen LogP contribution in [-0.4, -0.2) is 25.8 Å². The first kappa shape index (κ1) is 23.5. The first-order valence-electron chi connectivity index (χ1n) is 9.78. The number of hydrogen-bond donors (Lipinski definition) is 1. The third-order valence-electron chi connectivity index (χ3n) is 4.46. The zero-order chi connectivity index (χ0) is 23.4. The lowest BCUT2D eigenvalue weighted by atomic mass is 10.2. The van der Waals surface area contributed by atoms with Crippen molar-refractivity contribution in [2.75, 3.05) is 0 Å². The van der Waals surface area contributed by atoms with Gasteiger partial charge in [0.25, 0.3) is 0 Å². The van der Waals surface area contributed by atoms with Crippen molar-refractivity contribution >= 4 is 58.8 Å². The van der Waals surface area contributed by atoms with Gasteiger partial charge in [-0.25, -0.2) is 4.79 Å². The highest BCUT2D eigenvalue weighted by Crippen LogP contribution is 2.33. The van der Waals surface area contributed by atoms with Gasteiger partial charge in [-0.15, -0.1) is 10.2 Å². The van der Waals surface area contributed by atoms with Gasteiger partial charge in [0.15, 0.2) is 16.1 Å². The fourth-order valence-electron chi connectivity index (χ4n) is 2.91.